The second-order valence-corrected chi connectivity index (χ2v) is 4.52. The van der Waals surface area contributed by atoms with Crippen LogP contribution in [0.2, 0.25) is 0 Å². The van der Waals surface area contributed by atoms with Crippen molar-refractivity contribution < 1.29 is 9.53 Å². The van der Waals surface area contributed by atoms with Gasteiger partial charge in [0.15, 0.2) is 5.75 Å². The molecule has 0 aliphatic heterocycles. The van der Waals surface area contributed by atoms with Gasteiger partial charge in [0.2, 0.25) is 0 Å². The summed E-state index contributed by atoms with van der Waals surface area (Å²) in [6, 6.07) is 10.6. The van der Waals surface area contributed by atoms with Crippen LogP contribution in [-0.2, 0) is 0 Å². The number of nitrogens with one attached hydrogen (secondary N) is 2. The van der Waals surface area contributed by atoms with E-state index in [4.69, 9.17) is 10.5 Å². The minimum Gasteiger partial charge on any atom is -0.494 e. The first-order chi connectivity index (χ1) is 10.2. The molecule has 3 aromatic rings. The number of H-pyrrole nitrogens is 1. The highest BCUT2D eigenvalue weighted by molar-refractivity contribution is 6.10. The Kier molecular flexibility index (Phi) is 3.19. The summed E-state index contributed by atoms with van der Waals surface area (Å²) in [4.78, 5) is 12.4. The van der Waals surface area contributed by atoms with Crippen LogP contribution in [0.3, 0.4) is 0 Å². The van der Waals surface area contributed by atoms with Crippen molar-refractivity contribution in [3.63, 3.8) is 0 Å². The molecule has 0 unspecified atom stereocenters. The Morgan fingerprint density at radius 1 is 1.29 bits per heavy atom. The molecule has 0 aliphatic carbocycles. The van der Waals surface area contributed by atoms with Gasteiger partial charge < -0.3 is 15.8 Å². The lowest BCUT2D eigenvalue weighted by Gasteiger charge is -2.11. The number of hydrogen-bond acceptors (Lipinski definition) is 4. The van der Waals surface area contributed by atoms with Gasteiger partial charge in [-0.25, -0.2) is 0 Å². The number of aromatic amines is 1. The van der Waals surface area contributed by atoms with E-state index in [1.807, 2.05) is 18.2 Å². The van der Waals surface area contributed by atoms with Gasteiger partial charge in [0.05, 0.1) is 35.8 Å². The number of amides is 1. The molecule has 106 valence electrons. The van der Waals surface area contributed by atoms with Gasteiger partial charge in [-0.15, -0.1) is 0 Å². The summed E-state index contributed by atoms with van der Waals surface area (Å²) in [6.45, 7) is 0. The minimum atomic E-state index is -0.284. The maximum Gasteiger partial charge on any atom is 0.259 e. The van der Waals surface area contributed by atoms with Crippen LogP contribution in [0.25, 0.3) is 10.9 Å². The molecule has 0 saturated carbocycles. The van der Waals surface area contributed by atoms with Crippen molar-refractivity contribution >= 4 is 28.2 Å². The standard InChI is InChI=1S/C15H14N4O2/c1-21-14-9(4-2-5-11(14)16)15(20)18-12-6-3-7-13-10(12)8-17-19-13/h2-8H,16H2,1H3,(H,17,19)(H,18,20). The Labute approximate surface area is 120 Å². The molecular weight excluding hydrogens is 268 g/mol. The van der Waals surface area contributed by atoms with Crippen molar-refractivity contribution in [3.05, 3.63) is 48.2 Å². The molecule has 0 spiro atoms. The summed E-state index contributed by atoms with van der Waals surface area (Å²) in [5, 5.41) is 10.5. The van der Waals surface area contributed by atoms with Crippen LogP contribution in [0.15, 0.2) is 42.6 Å². The first-order valence-electron chi connectivity index (χ1n) is 6.36. The summed E-state index contributed by atoms with van der Waals surface area (Å²) in [5.41, 5.74) is 8.16. The molecule has 1 amide bonds. The number of benzene rings is 2. The third-order valence-electron chi connectivity index (χ3n) is 3.23. The minimum absolute atomic E-state index is 0.284. The molecule has 6 nitrogen and oxygen atoms in total. The van der Waals surface area contributed by atoms with E-state index in [2.05, 4.69) is 15.5 Å². The van der Waals surface area contributed by atoms with E-state index in [1.54, 1.807) is 24.4 Å². The van der Waals surface area contributed by atoms with Gasteiger partial charge in [0, 0.05) is 5.39 Å². The quantitative estimate of drug-likeness (QED) is 0.643. The Bertz CT molecular complexity index is 810. The number of anilines is 2. The second kappa shape index (κ2) is 5.16. The van der Waals surface area contributed by atoms with Gasteiger partial charge in [-0.05, 0) is 24.3 Å². The molecule has 1 aromatic heterocycles. The zero-order chi connectivity index (χ0) is 14.8. The van der Waals surface area contributed by atoms with E-state index in [1.165, 1.54) is 7.11 Å². The molecule has 0 radical (unpaired) electrons. The van der Waals surface area contributed by atoms with Crippen LogP contribution < -0.4 is 15.8 Å². The van der Waals surface area contributed by atoms with Crippen LogP contribution in [0, 0.1) is 0 Å². The molecule has 0 atom stereocenters. The van der Waals surface area contributed by atoms with E-state index in [9.17, 15) is 4.79 Å². The fourth-order valence-corrected chi connectivity index (χ4v) is 2.23. The average molecular weight is 282 g/mol. The van der Waals surface area contributed by atoms with Gasteiger partial charge >= 0.3 is 0 Å². The molecule has 0 bridgehead atoms. The molecule has 0 saturated heterocycles. The van der Waals surface area contributed by atoms with Gasteiger partial charge in [0.25, 0.3) is 5.91 Å². The van der Waals surface area contributed by atoms with E-state index in [-0.39, 0.29) is 5.91 Å². The van der Waals surface area contributed by atoms with E-state index in [0.29, 0.717) is 22.7 Å². The third kappa shape index (κ3) is 2.27. The highest BCUT2D eigenvalue weighted by Crippen LogP contribution is 2.28. The summed E-state index contributed by atoms with van der Waals surface area (Å²) in [7, 11) is 1.49. The Balaban J connectivity index is 1.97. The predicted molar refractivity (Wildman–Crippen MR) is 81.5 cm³/mol. The molecule has 0 fully saturated rings. The zero-order valence-corrected chi connectivity index (χ0v) is 11.4. The van der Waals surface area contributed by atoms with Crippen LogP contribution >= 0.6 is 0 Å². The number of para-hydroxylation sites is 1. The summed E-state index contributed by atoms with van der Waals surface area (Å²) in [5.74, 6) is 0.0854. The van der Waals surface area contributed by atoms with E-state index in [0.717, 1.165) is 10.9 Å². The van der Waals surface area contributed by atoms with Crippen molar-refractivity contribution in [1.29, 1.82) is 0 Å². The van der Waals surface area contributed by atoms with E-state index >= 15 is 0 Å². The number of methoxy groups -OCH3 is 1. The van der Waals surface area contributed by atoms with Crippen molar-refractivity contribution in [2.45, 2.75) is 0 Å². The molecule has 2 aromatic carbocycles. The average Bonchev–Trinajstić information content (AvgIpc) is 2.96. The van der Waals surface area contributed by atoms with Crippen molar-refractivity contribution in [3.8, 4) is 5.75 Å². The SMILES string of the molecule is COc1c(N)cccc1C(=O)Nc1cccc2[nH]ncc12. The molecule has 3 rings (SSSR count). The van der Waals surface area contributed by atoms with Crippen molar-refractivity contribution in [1.82, 2.24) is 10.2 Å². The molecule has 1 heterocycles. The molecule has 21 heavy (non-hydrogen) atoms. The van der Waals surface area contributed by atoms with Gasteiger partial charge in [-0.1, -0.05) is 12.1 Å². The first-order valence-corrected chi connectivity index (χ1v) is 6.36. The Morgan fingerprint density at radius 3 is 2.90 bits per heavy atom. The lowest BCUT2D eigenvalue weighted by atomic mass is 10.1. The molecule has 6 heteroatoms. The number of ether oxygens (including phenoxy) is 1. The van der Waals surface area contributed by atoms with Crippen LogP contribution in [0.4, 0.5) is 11.4 Å². The number of hydrogen-bond donors (Lipinski definition) is 3. The number of nitrogens with zero attached hydrogens (tertiary/aromatic N) is 1. The number of aromatic nitrogens is 2. The molecule has 0 aliphatic rings. The van der Waals surface area contributed by atoms with Crippen LogP contribution in [-0.4, -0.2) is 23.2 Å². The predicted octanol–water partition coefficient (Wildman–Crippen LogP) is 2.41. The number of nitrogen functional groups attached to an aromatic ring is 1. The second-order valence-electron chi connectivity index (χ2n) is 4.52. The fourth-order valence-electron chi connectivity index (χ4n) is 2.23. The summed E-state index contributed by atoms with van der Waals surface area (Å²) < 4.78 is 5.20. The van der Waals surface area contributed by atoms with Crippen molar-refractivity contribution in [2.24, 2.45) is 0 Å². The largest absolute Gasteiger partial charge is 0.494 e. The lowest BCUT2D eigenvalue weighted by Crippen LogP contribution is -2.14. The highest BCUT2D eigenvalue weighted by atomic mass is 16.5. The van der Waals surface area contributed by atoms with Crippen molar-refractivity contribution in [2.75, 3.05) is 18.2 Å². The Hall–Kier alpha value is -3.02. The van der Waals surface area contributed by atoms with Gasteiger partial charge in [-0.2, -0.15) is 5.10 Å². The fraction of sp³-hybridized carbons (Fsp3) is 0.0667. The normalized spacial score (nSPS) is 10.5. The maximum absolute atomic E-state index is 12.4. The number of fused-ring (bicyclic) bond motifs is 1. The first kappa shape index (κ1) is 13.0. The summed E-state index contributed by atoms with van der Waals surface area (Å²) in [6.07, 6.45) is 1.67. The van der Waals surface area contributed by atoms with Crippen LogP contribution in [0.1, 0.15) is 10.4 Å². The van der Waals surface area contributed by atoms with Gasteiger partial charge in [-0.3, -0.25) is 9.89 Å². The Morgan fingerprint density at radius 2 is 2.10 bits per heavy atom. The lowest BCUT2D eigenvalue weighted by molar-refractivity contribution is 0.102. The van der Waals surface area contributed by atoms with Gasteiger partial charge in [0.1, 0.15) is 0 Å². The number of rotatable bonds is 3. The maximum atomic E-state index is 12.4. The highest BCUT2D eigenvalue weighted by Gasteiger charge is 2.15. The van der Waals surface area contributed by atoms with Crippen LogP contribution in [0.5, 0.6) is 5.75 Å². The molecule has 4 N–H and O–H groups in total. The molecular formula is C15H14N4O2. The third-order valence-corrected chi connectivity index (χ3v) is 3.23. The number of carbonyl (C=O) groups is 1. The number of nitrogens with two attached hydrogens (primary N) is 1. The monoisotopic (exact) mass is 282 g/mol. The smallest absolute Gasteiger partial charge is 0.259 e. The topological polar surface area (TPSA) is 93.0 Å². The summed E-state index contributed by atoms with van der Waals surface area (Å²) >= 11 is 0. The number of carbonyl (C=O) groups excluding carboxylic acids is 1. The zero-order valence-electron chi connectivity index (χ0n) is 11.4. The van der Waals surface area contributed by atoms with E-state index < -0.39 is 0 Å².